The van der Waals surface area contributed by atoms with Gasteiger partial charge < -0.3 is 41.9 Å². The van der Waals surface area contributed by atoms with Gasteiger partial charge in [0.2, 0.25) is 6.20 Å². The number of carbonyl (C=O) groups excluding carboxylic acids is 2. The van der Waals surface area contributed by atoms with Crippen LogP contribution < -0.4 is 36.4 Å². The van der Waals surface area contributed by atoms with Gasteiger partial charge in [0, 0.05) is 30.0 Å². The number of fused-ring (bicyclic) bond motifs is 1. The number of nitrogens with one attached hydrogen (secondary N) is 2. The van der Waals surface area contributed by atoms with Crippen LogP contribution in [0.2, 0.25) is 0 Å². The fourth-order valence-corrected chi connectivity index (χ4v) is 7.85. The van der Waals surface area contributed by atoms with Crippen LogP contribution >= 0.6 is 11.3 Å². The molecule has 21 nitrogen and oxygen atoms in total. The Hall–Kier alpha value is -4.75. The van der Waals surface area contributed by atoms with Crippen LogP contribution in [0.4, 0.5) is 10.8 Å². The summed E-state index contributed by atoms with van der Waals surface area (Å²) >= 11 is 0.963. The topological polar surface area (TPSA) is 290 Å². The van der Waals surface area contributed by atoms with Crippen molar-refractivity contribution >= 4 is 56.1 Å². The van der Waals surface area contributed by atoms with E-state index in [1.54, 1.807) is 23.1 Å². The van der Waals surface area contributed by atoms with Crippen molar-refractivity contribution < 1.29 is 56.1 Å². The van der Waals surface area contributed by atoms with E-state index in [-0.39, 0.29) is 22.5 Å². The number of aliphatic hydroxyl groups is 1. The molecule has 0 radical (unpaired) electrons. The highest BCUT2D eigenvalue weighted by Crippen LogP contribution is 2.43. The van der Waals surface area contributed by atoms with Crippen LogP contribution in [0.5, 0.6) is 5.75 Å². The Morgan fingerprint density at radius 2 is 1.98 bits per heavy atom. The largest absolute Gasteiger partial charge is 0.489 e. The molecule has 1 aromatic carbocycles. The van der Waals surface area contributed by atoms with Gasteiger partial charge in [-0.05, 0) is 64.4 Å². The maximum atomic E-state index is 13.9. The number of ether oxygens (including phenoxy) is 1. The zero-order valence-electron chi connectivity index (χ0n) is 31.0. The molecule has 3 aliphatic heterocycles. The van der Waals surface area contributed by atoms with Gasteiger partial charge in [0.05, 0.1) is 29.9 Å². The number of amides is 2. The number of nitrogens with two attached hydrogens (primary N) is 2. The average Bonchev–Trinajstić information content (AvgIpc) is 3.77. The molecular weight excluding hydrogens is 777 g/mol. The number of benzene rings is 1. The van der Waals surface area contributed by atoms with Crippen LogP contribution in [0, 0.1) is 5.92 Å². The molecule has 2 saturated heterocycles. The van der Waals surface area contributed by atoms with Crippen molar-refractivity contribution in [3.8, 4) is 5.75 Å². The van der Waals surface area contributed by atoms with Gasteiger partial charge >= 0.3 is 16.4 Å². The maximum Gasteiger partial charge on any atom is 0.413 e. The lowest BCUT2D eigenvalue weighted by Crippen LogP contribution is -2.79. The number of thiazole rings is 1. The molecule has 56 heavy (non-hydrogen) atoms. The monoisotopic (exact) mass is 821 g/mol. The predicted molar refractivity (Wildman–Crippen MR) is 198 cm³/mol. The van der Waals surface area contributed by atoms with E-state index in [2.05, 4.69) is 34.4 Å². The van der Waals surface area contributed by atoms with Crippen LogP contribution in [0.3, 0.4) is 0 Å². The first-order chi connectivity index (χ1) is 26.3. The van der Waals surface area contributed by atoms with E-state index in [9.17, 15) is 33.0 Å². The lowest BCUT2D eigenvalue weighted by atomic mass is 9.83. The Morgan fingerprint density at radius 1 is 1.25 bits per heavy atom. The smallest absolute Gasteiger partial charge is 0.413 e. The van der Waals surface area contributed by atoms with Gasteiger partial charge in [0.25, 0.3) is 17.9 Å². The Kier molecular flexibility index (Phi) is 11.4. The van der Waals surface area contributed by atoms with E-state index in [4.69, 9.17) is 25.6 Å². The van der Waals surface area contributed by atoms with Crippen LogP contribution in [0.15, 0.2) is 41.1 Å². The van der Waals surface area contributed by atoms with Crippen LogP contribution in [0.1, 0.15) is 55.7 Å². The van der Waals surface area contributed by atoms with Crippen molar-refractivity contribution in [2.75, 3.05) is 36.9 Å². The highest BCUT2D eigenvalue weighted by molar-refractivity contribution is 7.80. The minimum absolute atomic E-state index is 0.0570. The van der Waals surface area contributed by atoms with Gasteiger partial charge in [-0.25, -0.2) is 9.78 Å². The van der Waals surface area contributed by atoms with Crippen LogP contribution in [-0.4, -0.2) is 112 Å². The van der Waals surface area contributed by atoms with Crippen molar-refractivity contribution in [2.24, 2.45) is 16.8 Å². The third kappa shape index (κ3) is 8.20. The molecule has 2 aromatic heterocycles. The van der Waals surface area contributed by atoms with Gasteiger partial charge in [-0.2, -0.15) is 17.4 Å². The van der Waals surface area contributed by atoms with Crippen LogP contribution in [-0.2, 0) is 47.7 Å². The average molecular weight is 822 g/mol. The summed E-state index contributed by atoms with van der Waals surface area (Å²) in [7, 11) is -4.98. The number of aliphatic hydroxyl groups excluding tert-OH is 1. The molecule has 0 bridgehead atoms. The molecule has 5 heterocycles. The first-order valence-corrected chi connectivity index (χ1v) is 19.8. The Bertz CT molecular complexity index is 2130. The Labute approximate surface area is 325 Å². The molecule has 3 aromatic rings. The van der Waals surface area contributed by atoms with Gasteiger partial charge in [0.15, 0.2) is 23.6 Å². The first-order valence-electron chi connectivity index (χ1n) is 17.6. The summed E-state index contributed by atoms with van der Waals surface area (Å²) in [6, 6.07) is 3.68. The SMILES string of the molecule is CC1(C)c2cc(OC[C@H](O/N=C(\C(=O)N[C@@H]3C(O)N(OS(=O)(=O)O)C3(C)C)c3csc(N)n3)C(=O)O)ccc2C(=O)N1c1cn(CCCN)[n+](CC2CNC2)c1. The highest BCUT2D eigenvalue weighted by Gasteiger charge is 2.58. The number of carbonyl (C=O) groups is 3. The number of aliphatic carboxylic acids is 1. The molecule has 2 amide bonds. The number of anilines is 2. The van der Waals surface area contributed by atoms with Gasteiger partial charge in [-0.1, -0.05) is 5.16 Å². The summed E-state index contributed by atoms with van der Waals surface area (Å²) in [6.45, 7) is 9.96. The second-order valence-electron chi connectivity index (χ2n) is 14.6. The molecule has 0 saturated carbocycles. The minimum Gasteiger partial charge on any atom is -0.489 e. The summed E-state index contributed by atoms with van der Waals surface area (Å²) in [5, 5.41) is 32.0. The number of aromatic nitrogens is 3. The van der Waals surface area contributed by atoms with Gasteiger partial charge in [-0.15, -0.1) is 21.1 Å². The number of carboxylic acids is 1. The minimum atomic E-state index is -4.98. The van der Waals surface area contributed by atoms with Gasteiger partial charge in [0.1, 0.15) is 23.7 Å². The summed E-state index contributed by atoms with van der Waals surface area (Å²) in [5.74, 6) is -1.93. The molecule has 1 unspecified atom stereocenters. The number of nitrogens with zero attached hydrogens (tertiary/aromatic N) is 6. The van der Waals surface area contributed by atoms with E-state index in [1.807, 2.05) is 26.2 Å². The van der Waals surface area contributed by atoms with Crippen LogP contribution in [0.25, 0.3) is 0 Å². The number of hydroxylamine groups is 2. The van der Waals surface area contributed by atoms with E-state index in [1.165, 1.54) is 19.2 Å². The third-order valence-electron chi connectivity index (χ3n) is 9.95. The summed E-state index contributed by atoms with van der Waals surface area (Å²) in [6.07, 6.45) is 1.24. The summed E-state index contributed by atoms with van der Waals surface area (Å²) in [5.41, 5.74) is 10.7. The molecule has 3 atom stereocenters. The third-order valence-corrected chi connectivity index (χ3v) is 11.0. The standard InChI is InChI=1S/C33H44N10O11S2/c1-32(2)22-10-20(6-7-21(22)28(45)42(32)19-14-40(9-5-8-34)41(15-19)13-18-11-36-12-18)52-16-24(30(47)48)53-39-25(23-17-55-31(35)37-23)27(44)38-26-29(46)43(33(26,3)4)54-56(49,50)51/h6-7,10,14-15,17-18,24,26,29,36,46H,5,8-9,11-13,16,34H2,1-4H3,(H4-,35,37,38,44,47,48,49,50,51)/p+1/b39-25-/t24-,26+,29?/m0/s1. The van der Waals surface area contributed by atoms with E-state index < -0.39 is 64.0 Å². The predicted octanol–water partition coefficient (Wildman–Crippen LogP) is -0.837. The lowest BCUT2D eigenvalue weighted by Gasteiger charge is -2.55. The quantitative estimate of drug-likeness (QED) is 0.0378. The van der Waals surface area contributed by atoms with Crippen molar-refractivity contribution in [3.63, 3.8) is 0 Å². The second-order valence-corrected chi connectivity index (χ2v) is 16.5. The first kappa shape index (κ1) is 40.9. The fourth-order valence-electron chi connectivity index (χ4n) is 6.82. The molecule has 23 heteroatoms. The van der Waals surface area contributed by atoms with Crippen molar-refractivity contribution in [3.05, 3.63) is 52.8 Å². The highest BCUT2D eigenvalue weighted by atomic mass is 32.3. The summed E-state index contributed by atoms with van der Waals surface area (Å²) in [4.78, 5) is 50.7. The number of nitrogen functional groups attached to an aromatic ring is 1. The number of carboxylic acid groups (broad SMARTS) is 1. The van der Waals surface area contributed by atoms with E-state index in [0.29, 0.717) is 35.2 Å². The number of hydrogen-bond acceptors (Lipinski definition) is 16. The number of rotatable bonds is 17. The van der Waals surface area contributed by atoms with Crippen molar-refractivity contribution in [1.82, 2.24) is 25.4 Å². The molecular formula is C33H45N10O11S2+. The zero-order valence-corrected chi connectivity index (χ0v) is 32.6. The molecule has 6 rings (SSSR count). The molecule has 9 N–H and O–H groups in total. The van der Waals surface area contributed by atoms with Crippen molar-refractivity contribution in [1.29, 1.82) is 0 Å². The van der Waals surface area contributed by atoms with Crippen molar-refractivity contribution in [2.45, 2.75) is 76.7 Å². The summed E-state index contributed by atoms with van der Waals surface area (Å²) < 4.78 is 46.0. The van der Waals surface area contributed by atoms with E-state index in [0.717, 1.165) is 43.1 Å². The van der Waals surface area contributed by atoms with E-state index >= 15 is 0 Å². The lowest BCUT2D eigenvalue weighted by molar-refractivity contribution is -0.781. The molecule has 3 aliphatic rings. The molecule has 0 aliphatic carbocycles. The Morgan fingerprint density at radius 3 is 2.57 bits per heavy atom. The number of hydrogen-bond donors (Lipinski definition) is 7. The fraction of sp³-hybridized carbons (Fsp3) is 0.515. The Balaban J connectivity index is 1.17. The number of aryl methyl sites for hydroxylation is 1. The maximum absolute atomic E-state index is 13.9. The second kappa shape index (κ2) is 15.7. The molecule has 2 fully saturated rings. The molecule has 0 spiro atoms. The normalized spacial score (nSPS) is 21.2. The van der Waals surface area contributed by atoms with Gasteiger partial charge in [-0.3, -0.25) is 19.0 Å². The zero-order chi connectivity index (χ0) is 40.7. The molecule has 304 valence electrons. The number of oxime groups is 1.